The number of likely N-dealkylation sites (N-methyl/N-ethyl adjacent to an activating group) is 1. The van der Waals surface area contributed by atoms with Crippen LogP contribution in [0.25, 0.3) is 6.08 Å². The molecule has 0 aromatic heterocycles. The number of nitrogens with one attached hydrogen (secondary N) is 3. The largest absolute Gasteiger partial charge is 0.487 e. The highest BCUT2D eigenvalue weighted by molar-refractivity contribution is 5.94. The van der Waals surface area contributed by atoms with Gasteiger partial charge in [-0.05, 0) is 55.6 Å². The van der Waals surface area contributed by atoms with Crippen LogP contribution < -0.4 is 20.7 Å². The summed E-state index contributed by atoms with van der Waals surface area (Å²) >= 11 is 0. The molecule has 8 nitrogen and oxygen atoms in total. The van der Waals surface area contributed by atoms with Gasteiger partial charge >= 0.3 is 0 Å². The average Bonchev–Trinajstić information content (AvgIpc) is 2.79. The summed E-state index contributed by atoms with van der Waals surface area (Å²) in [4.78, 5) is 41.9. The molecule has 3 amide bonds. The lowest BCUT2D eigenvalue weighted by atomic mass is 9.94. The minimum absolute atomic E-state index is 0.0820. The van der Waals surface area contributed by atoms with Gasteiger partial charge in [0.05, 0.1) is 6.04 Å². The van der Waals surface area contributed by atoms with E-state index in [2.05, 4.69) is 16.0 Å². The Labute approximate surface area is 209 Å². The molecular weight excluding hydrogens is 444 g/mol. The molecule has 5 atom stereocenters. The van der Waals surface area contributed by atoms with Crippen LogP contribution in [0.4, 0.5) is 0 Å². The first-order chi connectivity index (χ1) is 16.5. The fourth-order valence-electron chi connectivity index (χ4n) is 4.25. The Kier molecular flexibility index (Phi) is 10.3. The van der Waals surface area contributed by atoms with Crippen molar-refractivity contribution in [2.45, 2.75) is 72.2 Å². The van der Waals surface area contributed by atoms with Crippen molar-refractivity contribution < 1.29 is 19.1 Å². The van der Waals surface area contributed by atoms with Crippen molar-refractivity contribution in [3.05, 3.63) is 36.0 Å². The Morgan fingerprint density at radius 3 is 2.17 bits per heavy atom. The zero-order valence-electron chi connectivity index (χ0n) is 22.3. The molecule has 35 heavy (non-hydrogen) atoms. The molecule has 2 bridgehead atoms. The van der Waals surface area contributed by atoms with Crippen molar-refractivity contribution in [1.82, 2.24) is 20.9 Å². The first-order valence-electron chi connectivity index (χ1n) is 12.5. The van der Waals surface area contributed by atoms with Crippen LogP contribution in [0.5, 0.6) is 5.75 Å². The van der Waals surface area contributed by atoms with Crippen molar-refractivity contribution in [2.24, 2.45) is 17.8 Å². The first kappa shape index (κ1) is 28.4. The molecule has 0 unspecified atom stereocenters. The lowest BCUT2D eigenvalue weighted by molar-refractivity contribution is -0.137. The van der Waals surface area contributed by atoms with Gasteiger partial charge < -0.3 is 20.7 Å². The molecule has 194 valence electrons. The smallest absolute Gasteiger partial charge is 0.247 e. The first-order valence-corrected chi connectivity index (χ1v) is 12.5. The Balaban J connectivity index is 2.52. The van der Waals surface area contributed by atoms with Crippen LogP contribution in [-0.2, 0) is 14.4 Å². The minimum atomic E-state index is -0.999. The van der Waals surface area contributed by atoms with Crippen LogP contribution in [0.1, 0.15) is 53.5 Å². The van der Waals surface area contributed by atoms with Gasteiger partial charge in [-0.25, -0.2) is 0 Å². The number of carbonyl (C=O) groups excluding carboxylic acids is 3. The number of ether oxygens (including phenoxy) is 1. The maximum absolute atomic E-state index is 13.7. The van der Waals surface area contributed by atoms with Crippen LogP contribution >= 0.6 is 0 Å². The second-order valence-electron chi connectivity index (χ2n) is 10.2. The van der Waals surface area contributed by atoms with Gasteiger partial charge in [0.15, 0.2) is 0 Å². The summed E-state index contributed by atoms with van der Waals surface area (Å²) < 4.78 is 6.29. The van der Waals surface area contributed by atoms with Crippen LogP contribution in [0.2, 0.25) is 0 Å². The van der Waals surface area contributed by atoms with Crippen molar-refractivity contribution in [3.63, 3.8) is 0 Å². The monoisotopic (exact) mass is 486 g/mol. The zero-order chi connectivity index (χ0) is 26.3. The molecule has 2 aliphatic heterocycles. The summed E-state index contributed by atoms with van der Waals surface area (Å²) in [5, 5.41) is 8.61. The lowest BCUT2D eigenvalue weighted by Crippen LogP contribution is -2.62. The molecule has 1 aromatic rings. The predicted molar refractivity (Wildman–Crippen MR) is 139 cm³/mol. The number of benzene rings is 1. The van der Waals surface area contributed by atoms with Crippen LogP contribution in [-0.4, -0.2) is 60.9 Å². The fourth-order valence-corrected chi connectivity index (χ4v) is 4.25. The maximum atomic E-state index is 13.7. The second kappa shape index (κ2) is 12.7. The van der Waals surface area contributed by atoms with E-state index in [0.29, 0.717) is 5.75 Å². The third kappa shape index (κ3) is 7.56. The molecule has 0 radical (unpaired) electrons. The molecule has 3 N–H and O–H groups in total. The number of hydrogen-bond acceptors (Lipinski definition) is 5. The van der Waals surface area contributed by atoms with Crippen molar-refractivity contribution in [2.75, 3.05) is 14.1 Å². The molecule has 2 heterocycles. The Morgan fingerprint density at radius 1 is 1.03 bits per heavy atom. The standard InChI is InChI=1S/C27H42N4O4/c1-9-18(6)23(31(7)8)27(34)30-22-24(17(4)5)35-20-12-10-19(11-13-20)14-15-28-25(32)21(16(2)3)29-26(22)33/h10-18,21-24H,9H2,1-8H3,(H,28,32)(H,29,33)(H,30,34)/t18-,21+,22+,23-,24+/m0/s1. The third-order valence-electron chi connectivity index (χ3n) is 6.47. The summed E-state index contributed by atoms with van der Waals surface area (Å²) in [7, 11) is 3.71. The number of hydrogen-bond donors (Lipinski definition) is 3. The number of rotatable bonds is 7. The van der Waals surface area contributed by atoms with Crippen molar-refractivity contribution >= 4 is 23.8 Å². The van der Waals surface area contributed by atoms with Gasteiger partial charge in [0.1, 0.15) is 23.9 Å². The molecule has 2 aliphatic rings. The molecule has 0 fully saturated rings. The van der Waals surface area contributed by atoms with E-state index in [4.69, 9.17) is 4.74 Å². The SMILES string of the molecule is CC[C@H](C)[C@@H](C(=O)N[C@H]1C(=O)N[C@H](C(C)C)C(=O)NC=Cc2ccc(cc2)O[C@@H]1C(C)C)N(C)C. The highest BCUT2D eigenvalue weighted by atomic mass is 16.5. The summed E-state index contributed by atoms with van der Waals surface area (Å²) in [5.41, 5.74) is 0.896. The van der Waals surface area contributed by atoms with E-state index in [1.807, 2.05) is 84.8 Å². The van der Waals surface area contributed by atoms with Gasteiger partial charge in [0, 0.05) is 6.20 Å². The zero-order valence-corrected chi connectivity index (χ0v) is 22.3. The average molecular weight is 487 g/mol. The van der Waals surface area contributed by atoms with Crippen LogP contribution in [0, 0.1) is 17.8 Å². The normalized spacial score (nSPS) is 22.9. The van der Waals surface area contributed by atoms with Crippen molar-refractivity contribution in [1.29, 1.82) is 0 Å². The fraction of sp³-hybridized carbons (Fsp3) is 0.593. The highest BCUT2D eigenvalue weighted by Crippen LogP contribution is 2.22. The van der Waals surface area contributed by atoms with Gasteiger partial charge in [0.25, 0.3) is 0 Å². The van der Waals surface area contributed by atoms with Gasteiger partial charge in [-0.2, -0.15) is 0 Å². The van der Waals surface area contributed by atoms with E-state index < -0.39 is 30.1 Å². The van der Waals surface area contributed by atoms with Gasteiger partial charge in [-0.15, -0.1) is 0 Å². The molecule has 0 saturated heterocycles. The summed E-state index contributed by atoms with van der Waals surface area (Å²) in [6.07, 6.45) is 3.51. The maximum Gasteiger partial charge on any atom is 0.247 e. The van der Waals surface area contributed by atoms with E-state index >= 15 is 0 Å². The topological polar surface area (TPSA) is 99.8 Å². The molecule has 8 heteroatoms. The summed E-state index contributed by atoms with van der Waals surface area (Å²) in [5.74, 6) is -0.613. The van der Waals surface area contributed by atoms with Gasteiger partial charge in [-0.3, -0.25) is 19.3 Å². The van der Waals surface area contributed by atoms with E-state index in [9.17, 15) is 14.4 Å². The lowest BCUT2D eigenvalue weighted by Gasteiger charge is -2.35. The quantitative estimate of drug-likeness (QED) is 0.550. The van der Waals surface area contributed by atoms with Crippen molar-refractivity contribution in [3.8, 4) is 5.75 Å². The number of carbonyl (C=O) groups is 3. The third-order valence-corrected chi connectivity index (χ3v) is 6.47. The molecule has 1 aromatic carbocycles. The molecular formula is C27H42N4O4. The van der Waals surface area contributed by atoms with Gasteiger partial charge in [-0.1, -0.05) is 60.1 Å². The van der Waals surface area contributed by atoms with Crippen LogP contribution in [0.15, 0.2) is 30.5 Å². The van der Waals surface area contributed by atoms with Gasteiger partial charge in [0.2, 0.25) is 17.7 Å². The number of nitrogens with zero attached hydrogens (tertiary/aromatic N) is 1. The minimum Gasteiger partial charge on any atom is -0.487 e. The molecule has 0 spiro atoms. The Bertz CT molecular complexity index is 895. The van der Waals surface area contributed by atoms with Crippen LogP contribution in [0.3, 0.4) is 0 Å². The van der Waals surface area contributed by atoms with E-state index in [1.165, 1.54) is 0 Å². The van der Waals surface area contributed by atoms with E-state index in [1.54, 1.807) is 12.3 Å². The Morgan fingerprint density at radius 2 is 1.66 bits per heavy atom. The molecule has 3 rings (SSSR count). The van der Waals surface area contributed by atoms with E-state index in [-0.39, 0.29) is 29.6 Å². The molecule has 0 aliphatic carbocycles. The number of amides is 3. The number of fused-ring (bicyclic) bond motifs is 10. The summed E-state index contributed by atoms with van der Waals surface area (Å²) in [6.45, 7) is 11.7. The summed E-state index contributed by atoms with van der Waals surface area (Å²) in [6, 6.07) is 5.20. The Hall–Kier alpha value is -2.87. The molecule has 0 saturated carbocycles. The second-order valence-corrected chi connectivity index (χ2v) is 10.2. The van der Waals surface area contributed by atoms with E-state index in [0.717, 1.165) is 12.0 Å². The highest BCUT2D eigenvalue weighted by Gasteiger charge is 2.39. The predicted octanol–water partition coefficient (Wildman–Crippen LogP) is 2.79.